The molecule has 0 bridgehead atoms. The Morgan fingerprint density at radius 3 is 2.57 bits per heavy atom. The molecular weight excluding hydrogens is 268 g/mol. The van der Waals surface area contributed by atoms with Crippen LogP contribution in [0.3, 0.4) is 0 Å². The van der Waals surface area contributed by atoms with Crippen molar-refractivity contribution in [3.8, 4) is 5.75 Å². The first-order valence-electron chi connectivity index (χ1n) is 6.74. The van der Waals surface area contributed by atoms with Crippen LogP contribution in [0.5, 0.6) is 5.75 Å². The number of methoxy groups -OCH3 is 2. The minimum absolute atomic E-state index is 0.633. The molecular formula is C15H20N4O2. The number of anilines is 2. The van der Waals surface area contributed by atoms with E-state index in [-0.39, 0.29) is 0 Å². The van der Waals surface area contributed by atoms with Crippen molar-refractivity contribution in [3.63, 3.8) is 0 Å². The van der Waals surface area contributed by atoms with Gasteiger partial charge >= 0.3 is 0 Å². The standard InChI is InChI=1S/C15H20N4O2/c1-20-8-7-16-14-9-15(19-11-18-14)17-10-12-5-3-4-6-13(12)21-2/h3-6,9,11H,7-8,10H2,1-2H3,(H2,16,17,18,19). The molecule has 21 heavy (non-hydrogen) atoms. The molecule has 0 unspecified atom stereocenters. The SMILES string of the molecule is COCCNc1cc(NCc2ccccc2OC)ncn1. The van der Waals surface area contributed by atoms with Crippen LogP contribution in [0.1, 0.15) is 5.56 Å². The lowest BCUT2D eigenvalue weighted by Gasteiger charge is -2.10. The van der Waals surface area contributed by atoms with Crippen molar-refractivity contribution in [2.45, 2.75) is 6.54 Å². The molecule has 0 aliphatic rings. The van der Waals surface area contributed by atoms with Gasteiger partial charge in [0.25, 0.3) is 0 Å². The van der Waals surface area contributed by atoms with Gasteiger partial charge in [-0.3, -0.25) is 0 Å². The number of ether oxygens (including phenoxy) is 2. The maximum atomic E-state index is 5.32. The van der Waals surface area contributed by atoms with Gasteiger partial charge in [-0.1, -0.05) is 18.2 Å². The summed E-state index contributed by atoms with van der Waals surface area (Å²) < 4.78 is 10.3. The lowest BCUT2D eigenvalue weighted by atomic mass is 10.2. The van der Waals surface area contributed by atoms with Crippen LogP contribution in [0.25, 0.3) is 0 Å². The third kappa shape index (κ3) is 4.61. The van der Waals surface area contributed by atoms with Gasteiger partial charge in [-0.2, -0.15) is 0 Å². The number of hydrogen-bond acceptors (Lipinski definition) is 6. The zero-order valence-corrected chi connectivity index (χ0v) is 12.3. The second-order valence-corrected chi connectivity index (χ2v) is 4.37. The Morgan fingerprint density at radius 1 is 1.05 bits per heavy atom. The van der Waals surface area contributed by atoms with E-state index in [4.69, 9.17) is 9.47 Å². The van der Waals surface area contributed by atoms with Crippen molar-refractivity contribution in [2.75, 3.05) is 38.0 Å². The van der Waals surface area contributed by atoms with Crippen LogP contribution in [0.15, 0.2) is 36.7 Å². The van der Waals surface area contributed by atoms with Gasteiger partial charge in [0, 0.05) is 31.8 Å². The highest BCUT2D eigenvalue weighted by Gasteiger charge is 2.03. The van der Waals surface area contributed by atoms with E-state index in [0.717, 1.165) is 22.9 Å². The normalized spacial score (nSPS) is 10.2. The van der Waals surface area contributed by atoms with Gasteiger partial charge in [-0.05, 0) is 6.07 Å². The van der Waals surface area contributed by atoms with Crippen molar-refractivity contribution in [1.29, 1.82) is 0 Å². The first kappa shape index (κ1) is 15.1. The van der Waals surface area contributed by atoms with E-state index in [0.29, 0.717) is 19.7 Å². The highest BCUT2D eigenvalue weighted by molar-refractivity contribution is 5.47. The van der Waals surface area contributed by atoms with Crippen LogP contribution in [0, 0.1) is 0 Å². The lowest BCUT2D eigenvalue weighted by Crippen LogP contribution is -2.10. The largest absolute Gasteiger partial charge is 0.496 e. The van der Waals surface area contributed by atoms with Gasteiger partial charge in [0.1, 0.15) is 23.7 Å². The minimum atomic E-state index is 0.633. The molecule has 0 saturated carbocycles. The van der Waals surface area contributed by atoms with Gasteiger partial charge in [-0.15, -0.1) is 0 Å². The van der Waals surface area contributed by atoms with Gasteiger partial charge in [0.15, 0.2) is 0 Å². The van der Waals surface area contributed by atoms with Gasteiger partial charge < -0.3 is 20.1 Å². The number of benzene rings is 1. The molecule has 0 aliphatic carbocycles. The van der Waals surface area contributed by atoms with Crippen molar-refractivity contribution in [1.82, 2.24) is 9.97 Å². The van der Waals surface area contributed by atoms with Gasteiger partial charge in [-0.25, -0.2) is 9.97 Å². The number of para-hydroxylation sites is 1. The first-order valence-corrected chi connectivity index (χ1v) is 6.74. The molecule has 2 aromatic rings. The van der Waals surface area contributed by atoms with Gasteiger partial charge in [0.2, 0.25) is 0 Å². The Labute approximate surface area is 124 Å². The van der Waals surface area contributed by atoms with Crippen LogP contribution in [0.4, 0.5) is 11.6 Å². The summed E-state index contributed by atoms with van der Waals surface area (Å²) in [5.74, 6) is 2.39. The Hall–Kier alpha value is -2.34. The van der Waals surface area contributed by atoms with Crippen molar-refractivity contribution < 1.29 is 9.47 Å². The molecule has 2 rings (SSSR count). The topological polar surface area (TPSA) is 68.3 Å². The fourth-order valence-corrected chi connectivity index (χ4v) is 1.87. The fraction of sp³-hybridized carbons (Fsp3) is 0.333. The third-order valence-corrected chi connectivity index (χ3v) is 2.93. The second-order valence-electron chi connectivity index (χ2n) is 4.37. The van der Waals surface area contributed by atoms with Crippen molar-refractivity contribution in [3.05, 3.63) is 42.2 Å². The molecule has 112 valence electrons. The van der Waals surface area contributed by atoms with Crippen LogP contribution < -0.4 is 15.4 Å². The van der Waals surface area contributed by atoms with Crippen molar-refractivity contribution in [2.24, 2.45) is 0 Å². The molecule has 6 heteroatoms. The molecule has 6 nitrogen and oxygen atoms in total. The van der Waals surface area contributed by atoms with E-state index in [1.807, 2.05) is 30.3 Å². The first-order chi connectivity index (χ1) is 10.3. The monoisotopic (exact) mass is 288 g/mol. The van der Waals surface area contributed by atoms with Crippen LogP contribution in [-0.4, -0.2) is 37.3 Å². The van der Waals surface area contributed by atoms with E-state index in [1.165, 1.54) is 6.33 Å². The molecule has 0 atom stereocenters. The predicted molar refractivity (Wildman–Crippen MR) is 82.7 cm³/mol. The smallest absolute Gasteiger partial charge is 0.131 e. The molecule has 0 amide bonds. The number of nitrogens with zero attached hydrogens (tertiary/aromatic N) is 2. The average Bonchev–Trinajstić information content (AvgIpc) is 2.54. The average molecular weight is 288 g/mol. The zero-order valence-electron chi connectivity index (χ0n) is 12.3. The van der Waals surface area contributed by atoms with E-state index in [2.05, 4.69) is 20.6 Å². The number of rotatable bonds is 8. The molecule has 0 fully saturated rings. The number of aromatic nitrogens is 2. The van der Waals surface area contributed by atoms with Crippen molar-refractivity contribution >= 4 is 11.6 Å². The molecule has 0 spiro atoms. The molecule has 0 radical (unpaired) electrons. The molecule has 2 N–H and O–H groups in total. The summed E-state index contributed by atoms with van der Waals surface area (Å²) in [6.45, 7) is 1.98. The van der Waals surface area contributed by atoms with E-state index in [9.17, 15) is 0 Å². The fourth-order valence-electron chi connectivity index (χ4n) is 1.87. The van der Waals surface area contributed by atoms with E-state index >= 15 is 0 Å². The highest BCUT2D eigenvalue weighted by Crippen LogP contribution is 2.18. The maximum absolute atomic E-state index is 5.32. The number of nitrogens with one attached hydrogen (secondary N) is 2. The summed E-state index contributed by atoms with van der Waals surface area (Å²) in [7, 11) is 3.34. The summed E-state index contributed by atoms with van der Waals surface area (Å²) in [6.07, 6.45) is 1.53. The third-order valence-electron chi connectivity index (χ3n) is 2.93. The molecule has 1 aromatic carbocycles. The minimum Gasteiger partial charge on any atom is -0.496 e. The Kier molecular flexibility index (Phi) is 5.78. The second kappa shape index (κ2) is 8.06. The van der Waals surface area contributed by atoms with E-state index < -0.39 is 0 Å². The Morgan fingerprint density at radius 2 is 1.81 bits per heavy atom. The molecule has 1 heterocycles. The Balaban J connectivity index is 1.95. The molecule has 0 saturated heterocycles. The number of hydrogen-bond donors (Lipinski definition) is 2. The van der Waals surface area contributed by atoms with Crippen LogP contribution in [-0.2, 0) is 11.3 Å². The molecule has 1 aromatic heterocycles. The highest BCUT2D eigenvalue weighted by atomic mass is 16.5. The summed E-state index contributed by atoms with van der Waals surface area (Å²) >= 11 is 0. The summed E-state index contributed by atoms with van der Waals surface area (Å²) in [5.41, 5.74) is 1.08. The maximum Gasteiger partial charge on any atom is 0.131 e. The quantitative estimate of drug-likeness (QED) is 0.726. The van der Waals surface area contributed by atoms with Crippen LogP contribution >= 0.6 is 0 Å². The van der Waals surface area contributed by atoms with Gasteiger partial charge in [0.05, 0.1) is 13.7 Å². The summed E-state index contributed by atoms with van der Waals surface area (Å²) in [6, 6.07) is 9.76. The summed E-state index contributed by atoms with van der Waals surface area (Å²) in [5, 5.41) is 6.43. The lowest BCUT2D eigenvalue weighted by molar-refractivity contribution is 0.210. The van der Waals surface area contributed by atoms with E-state index in [1.54, 1.807) is 14.2 Å². The molecule has 0 aliphatic heterocycles. The summed E-state index contributed by atoms with van der Waals surface area (Å²) in [4.78, 5) is 8.36. The Bertz CT molecular complexity index is 563. The van der Waals surface area contributed by atoms with Crippen LogP contribution in [0.2, 0.25) is 0 Å². The predicted octanol–water partition coefficient (Wildman–Crippen LogP) is 2.16. The zero-order chi connectivity index (χ0) is 14.9.